The van der Waals surface area contributed by atoms with Crippen LogP contribution in [0.3, 0.4) is 0 Å². The second kappa shape index (κ2) is 18.4. The highest BCUT2D eigenvalue weighted by molar-refractivity contribution is 5.88. The van der Waals surface area contributed by atoms with Crippen LogP contribution in [-0.2, 0) is 19.1 Å². The Labute approximate surface area is 271 Å². The molecule has 1 fully saturated rings. The standard InChI is InChI=1S/C34H61N7O4/c1-9-23(2)30(40(7)29(42)21-39-33(44)34(4,5)22-35)26(37-6)20-28(36)41-19-13-16-27(41)31(45-8)24(3)32(43)38-18-17-25-14-11-10-12-15-25/h10-12,14,23-27,30-31,36-37H,9,13,15-22,35H2,1-8H3,(H,38,43)(H,39,44)/t23?,24-,25?,26-,27?,30?,31?/m1/s1. The molecule has 0 aromatic heterocycles. The molecule has 2 aliphatic rings. The van der Waals surface area contributed by atoms with Crippen LogP contribution in [0.25, 0.3) is 0 Å². The van der Waals surface area contributed by atoms with Gasteiger partial charge in [-0.2, -0.15) is 0 Å². The highest BCUT2D eigenvalue weighted by atomic mass is 16.5. The van der Waals surface area contributed by atoms with Gasteiger partial charge >= 0.3 is 0 Å². The van der Waals surface area contributed by atoms with Gasteiger partial charge in [0.2, 0.25) is 17.7 Å². The number of likely N-dealkylation sites (N-methyl/N-ethyl adjacent to an activating group) is 2. The SMILES string of the molecule is CCC(C)C([C@@H](CC(=N)N1CCCC1C(OC)[C@@H](C)C(=O)NCCC1C=CC=CC1)NC)N(C)C(=O)CNC(=O)C(C)(C)CN. The van der Waals surface area contributed by atoms with Crippen molar-refractivity contribution in [1.82, 2.24) is 25.8 Å². The molecule has 0 saturated carbocycles. The number of nitrogens with two attached hydrogens (primary N) is 1. The average Bonchev–Trinajstić information content (AvgIpc) is 3.53. The number of carbonyl (C=O) groups excluding carboxylic acids is 3. The zero-order valence-corrected chi connectivity index (χ0v) is 29.0. The molecular weight excluding hydrogens is 570 g/mol. The minimum absolute atomic E-state index is 0.0254. The molecule has 0 aromatic rings. The number of amidine groups is 1. The van der Waals surface area contributed by atoms with Gasteiger partial charge in [0.25, 0.3) is 0 Å². The number of hydrogen-bond acceptors (Lipinski definition) is 7. The molecule has 11 nitrogen and oxygen atoms in total. The van der Waals surface area contributed by atoms with Crippen LogP contribution in [0.15, 0.2) is 24.3 Å². The van der Waals surface area contributed by atoms with Crippen LogP contribution in [0.2, 0.25) is 0 Å². The first-order chi connectivity index (χ1) is 21.3. The molecule has 3 amide bonds. The van der Waals surface area contributed by atoms with E-state index in [1.165, 1.54) is 0 Å². The Hall–Kier alpha value is -2.76. The topological polar surface area (TPSA) is 153 Å². The number of allylic oxidation sites excluding steroid dienone is 4. The first-order valence-electron chi connectivity index (χ1n) is 16.7. The molecule has 11 heteroatoms. The van der Waals surface area contributed by atoms with Crippen LogP contribution >= 0.6 is 0 Å². The Morgan fingerprint density at radius 2 is 1.91 bits per heavy atom. The number of likely N-dealkylation sites (tertiary alicyclic amines) is 1. The van der Waals surface area contributed by atoms with Crippen molar-refractivity contribution in [3.05, 3.63) is 24.3 Å². The van der Waals surface area contributed by atoms with E-state index < -0.39 is 5.41 Å². The van der Waals surface area contributed by atoms with Crippen LogP contribution in [0.1, 0.15) is 73.1 Å². The first-order valence-corrected chi connectivity index (χ1v) is 16.7. The highest BCUT2D eigenvalue weighted by Crippen LogP contribution is 2.29. The van der Waals surface area contributed by atoms with E-state index in [9.17, 15) is 19.8 Å². The number of ether oxygens (including phenoxy) is 1. The molecule has 0 radical (unpaired) electrons. The number of methoxy groups -OCH3 is 1. The predicted molar refractivity (Wildman–Crippen MR) is 181 cm³/mol. The molecule has 1 saturated heterocycles. The fourth-order valence-corrected chi connectivity index (χ4v) is 6.49. The van der Waals surface area contributed by atoms with Crippen LogP contribution in [0.4, 0.5) is 0 Å². The Bertz CT molecular complexity index is 1050. The van der Waals surface area contributed by atoms with E-state index in [0.717, 1.165) is 38.6 Å². The average molecular weight is 632 g/mol. The third-order valence-corrected chi connectivity index (χ3v) is 9.88. The number of nitrogens with one attached hydrogen (secondary N) is 4. The van der Waals surface area contributed by atoms with E-state index in [4.69, 9.17) is 10.5 Å². The third-order valence-electron chi connectivity index (χ3n) is 9.88. The summed E-state index contributed by atoms with van der Waals surface area (Å²) in [6, 6.07) is -0.482. The van der Waals surface area contributed by atoms with Gasteiger partial charge in [0.05, 0.1) is 35.9 Å². The van der Waals surface area contributed by atoms with Gasteiger partial charge in [-0.15, -0.1) is 0 Å². The lowest BCUT2D eigenvalue weighted by molar-refractivity contribution is -0.137. The van der Waals surface area contributed by atoms with Crippen molar-refractivity contribution < 1.29 is 19.1 Å². The number of rotatable bonds is 18. The van der Waals surface area contributed by atoms with Crippen molar-refractivity contribution in [3.63, 3.8) is 0 Å². The first kappa shape index (κ1) is 38.4. The Balaban J connectivity index is 2.08. The zero-order valence-electron chi connectivity index (χ0n) is 29.0. The molecule has 2 rings (SSSR count). The summed E-state index contributed by atoms with van der Waals surface area (Å²) in [6.07, 6.45) is 13.0. The molecule has 1 heterocycles. The molecule has 1 aliphatic carbocycles. The van der Waals surface area contributed by atoms with Gasteiger partial charge in [-0.3, -0.25) is 19.8 Å². The second-order valence-electron chi connectivity index (χ2n) is 13.5. The molecule has 0 bridgehead atoms. The summed E-state index contributed by atoms with van der Waals surface area (Å²) < 4.78 is 5.95. The fourth-order valence-electron chi connectivity index (χ4n) is 6.49. The zero-order chi connectivity index (χ0) is 33.7. The summed E-state index contributed by atoms with van der Waals surface area (Å²) in [6.45, 7) is 11.0. The van der Waals surface area contributed by atoms with Gasteiger partial charge in [-0.05, 0) is 58.4 Å². The number of carbonyl (C=O) groups is 3. The number of nitrogens with zero attached hydrogens (tertiary/aromatic N) is 2. The lowest BCUT2D eigenvalue weighted by atomic mass is 9.88. The van der Waals surface area contributed by atoms with Crippen molar-refractivity contribution in [1.29, 1.82) is 5.41 Å². The molecule has 256 valence electrons. The fraction of sp³-hybridized carbons (Fsp3) is 0.765. The van der Waals surface area contributed by atoms with Crippen molar-refractivity contribution in [2.45, 2.75) is 97.4 Å². The van der Waals surface area contributed by atoms with Crippen molar-refractivity contribution in [3.8, 4) is 0 Å². The second-order valence-corrected chi connectivity index (χ2v) is 13.5. The molecule has 7 atom stereocenters. The minimum atomic E-state index is -0.758. The Morgan fingerprint density at radius 1 is 1.20 bits per heavy atom. The maximum absolute atomic E-state index is 13.3. The molecule has 6 N–H and O–H groups in total. The van der Waals surface area contributed by atoms with E-state index >= 15 is 0 Å². The molecule has 1 aliphatic heterocycles. The van der Waals surface area contributed by atoms with Crippen LogP contribution < -0.4 is 21.7 Å². The molecule has 45 heavy (non-hydrogen) atoms. The summed E-state index contributed by atoms with van der Waals surface area (Å²) in [5.74, 6) is 0.219. The maximum atomic E-state index is 13.3. The van der Waals surface area contributed by atoms with Gasteiger partial charge in [-0.25, -0.2) is 0 Å². The number of amides is 3. The lowest BCUT2D eigenvalue weighted by Gasteiger charge is -2.41. The lowest BCUT2D eigenvalue weighted by Crippen LogP contribution is -2.57. The molecule has 5 unspecified atom stereocenters. The minimum Gasteiger partial charge on any atom is -0.378 e. The van der Waals surface area contributed by atoms with Gasteiger partial charge in [0.1, 0.15) is 0 Å². The molecule has 0 spiro atoms. The number of hydrogen-bond donors (Lipinski definition) is 5. The predicted octanol–water partition coefficient (Wildman–Crippen LogP) is 2.67. The highest BCUT2D eigenvalue weighted by Gasteiger charge is 2.40. The summed E-state index contributed by atoms with van der Waals surface area (Å²) in [5, 5.41) is 18.4. The largest absolute Gasteiger partial charge is 0.378 e. The van der Waals surface area contributed by atoms with Gasteiger partial charge in [0, 0.05) is 52.3 Å². The van der Waals surface area contributed by atoms with Crippen molar-refractivity contribution >= 4 is 23.6 Å². The monoisotopic (exact) mass is 631 g/mol. The summed E-state index contributed by atoms with van der Waals surface area (Å²) in [7, 11) is 5.29. The van der Waals surface area contributed by atoms with Crippen LogP contribution in [-0.4, -0.2) is 105 Å². The normalized spacial score (nSPS) is 21.5. The van der Waals surface area contributed by atoms with Gasteiger partial charge < -0.3 is 36.2 Å². The van der Waals surface area contributed by atoms with Crippen LogP contribution in [0, 0.1) is 28.6 Å². The van der Waals surface area contributed by atoms with E-state index in [-0.39, 0.29) is 66.9 Å². The quantitative estimate of drug-likeness (QED) is 0.115. The molecular formula is C34H61N7O4. The van der Waals surface area contributed by atoms with Crippen LogP contribution in [0.5, 0.6) is 0 Å². The Kier molecular flexibility index (Phi) is 15.7. The summed E-state index contributed by atoms with van der Waals surface area (Å²) in [5.41, 5.74) is 4.97. The third kappa shape index (κ3) is 10.6. The Morgan fingerprint density at radius 3 is 2.49 bits per heavy atom. The summed E-state index contributed by atoms with van der Waals surface area (Å²) in [4.78, 5) is 42.8. The maximum Gasteiger partial charge on any atom is 0.242 e. The van der Waals surface area contributed by atoms with Crippen molar-refractivity contribution in [2.24, 2.45) is 28.9 Å². The van der Waals surface area contributed by atoms with E-state index in [1.807, 2.05) is 14.0 Å². The van der Waals surface area contributed by atoms with E-state index in [1.54, 1.807) is 32.9 Å². The smallest absolute Gasteiger partial charge is 0.242 e. The van der Waals surface area contributed by atoms with Gasteiger partial charge in [-0.1, -0.05) is 51.5 Å². The van der Waals surface area contributed by atoms with E-state index in [0.29, 0.717) is 24.7 Å². The molecule has 0 aromatic carbocycles. The van der Waals surface area contributed by atoms with Crippen molar-refractivity contribution in [2.75, 3.05) is 47.4 Å². The van der Waals surface area contributed by atoms with E-state index in [2.05, 4.69) is 59.0 Å². The summed E-state index contributed by atoms with van der Waals surface area (Å²) >= 11 is 0. The van der Waals surface area contributed by atoms with Gasteiger partial charge in [0.15, 0.2) is 0 Å².